The highest BCUT2D eigenvalue weighted by atomic mass is 32.2. The summed E-state index contributed by atoms with van der Waals surface area (Å²) >= 11 is 0. The second kappa shape index (κ2) is 12.2. The minimum absolute atomic E-state index is 0.0901. The quantitative estimate of drug-likeness (QED) is 0.402. The van der Waals surface area contributed by atoms with Gasteiger partial charge in [0.05, 0.1) is 17.6 Å². The van der Waals surface area contributed by atoms with Crippen LogP contribution in [0.4, 0.5) is 0 Å². The Bertz CT molecular complexity index is 248. The first-order chi connectivity index (χ1) is 7.49. The number of likely N-dealkylation sites (N-methyl/N-ethyl adjacent to an activating group) is 1. The van der Waals surface area contributed by atoms with E-state index >= 15 is 0 Å². The lowest BCUT2D eigenvalue weighted by Crippen LogP contribution is -2.28. The van der Waals surface area contributed by atoms with E-state index in [1.165, 1.54) is 10.6 Å². The van der Waals surface area contributed by atoms with E-state index in [2.05, 4.69) is 12.3 Å². The van der Waals surface area contributed by atoms with Gasteiger partial charge in [0.15, 0.2) is 0 Å². The van der Waals surface area contributed by atoms with Crippen molar-refractivity contribution in [1.82, 2.24) is 4.31 Å². The number of carbonyl (C=O) groups is 1. The van der Waals surface area contributed by atoms with Gasteiger partial charge in [0.25, 0.3) is 0 Å². The molecule has 0 aliphatic heterocycles. The van der Waals surface area contributed by atoms with Crippen molar-refractivity contribution in [2.75, 3.05) is 26.5 Å². The molecule has 0 rings (SSSR count). The van der Waals surface area contributed by atoms with E-state index in [1.807, 2.05) is 6.92 Å². The predicted octanol–water partition coefficient (Wildman–Crippen LogP) is 1.19. The summed E-state index contributed by atoms with van der Waals surface area (Å²) < 4.78 is 17.2. The zero-order valence-electron chi connectivity index (χ0n) is 10.5. The molecule has 0 amide bonds. The number of unbranched alkanes of at least 4 members (excludes halogenated alkanes) is 1. The van der Waals surface area contributed by atoms with Crippen LogP contribution in [0.15, 0.2) is 0 Å². The van der Waals surface area contributed by atoms with Gasteiger partial charge < -0.3 is 4.74 Å². The normalized spacial score (nSPS) is 11.0. The van der Waals surface area contributed by atoms with Crippen molar-refractivity contribution >= 4 is 17.0 Å². The summed E-state index contributed by atoms with van der Waals surface area (Å²) in [6.45, 7) is 4.23. The van der Waals surface area contributed by atoms with Gasteiger partial charge in [-0.05, 0) is 13.3 Å². The van der Waals surface area contributed by atoms with Crippen molar-refractivity contribution < 1.29 is 13.7 Å². The summed E-state index contributed by atoms with van der Waals surface area (Å²) in [5.41, 5.74) is 0. The molecule has 1 unspecified atom stereocenters. The predicted molar refractivity (Wildman–Crippen MR) is 67.1 cm³/mol. The molecule has 0 heterocycles. The van der Waals surface area contributed by atoms with Crippen LogP contribution in [-0.2, 0) is 20.5 Å². The Kier molecular flexibility index (Phi) is 13.4. The van der Waals surface area contributed by atoms with Crippen LogP contribution in [0.3, 0.4) is 0 Å². The molecule has 0 aromatic carbocycles. The Hall–Kier alpha value is -0.860. The van der Waals surface area contributed by atoms with Gasteiger partial charge in [-0.25, -0.2) is 8.51 Å². The maximum Gasteiger partial charge on any atom is 0.321 e. The fraction of sp³-hybridized carbons (Fsp3) is 0.727. The summed E-state index contributed by atoms with van der Waals surface area (Å²) in [5, 5.41) is 0. The van der Waals surface area contributed by atoms with Crippen LogP contribution < -0.4 is 0 Å². The average Bonchev–Trinajstić information content (AvgIpc) is 2.19. The van der Waals surface area contributed by atoms with Crippen LogP contribution in [0, 0.1) is 12.3 Å². The van der Waals surface area contributed by atoms with Crippen LogP contribution in [-0.4, -0.2) is 40.9 Å². The van der Waals surface area contributed by atoms with Crippen LogP contribution >= 0.6 is 0 Å². The van der Waals surface area contributed by atoms with Gasteiger partial charge in [0.1, 0.15) is 6.54 Å². The number of rotatable bonds is 6. The van der Waals surface area contributed by atoms with Gasteiger partial charge in [0, 0.05) is 13.3 Å². The minimum Gasteiger partial charge on any atom is -0.465 e. The summed E-state index contributed by atoms with van der Waals surface area (Å²) in [5.74, 6) is 1.94. The van der Waals surface area contributed by atoms with Crippen molar-refractivity contribution in [3.8, 4) is 12.3 Å². The van der Waals surface area contributed by atoms with E-state index in [1.54, 1.807) is 14.0 Å². The monoisotopic (exact) mass is 247 g/mol. The Labute approximate surface area is 101 Å². The molecule has 0 fully saturated rings. The fourth-order valence-electron chi connectivity index (χ4n) is 0.649. The highest BCUT2D eigenvalue weighted by Crippen LogP contribution is 1.92. The van der Waals surface area contributed by atoms with Crippen molar-refractivity contribution in [2.45, 2.75) is 26.7 Å². The lowest BCUT2D eigenvalue weighted by molar-refractivity contribution is -0.143. The van der Waals surface area contributed by atoms with Gasteiger partial charge in [-0.3, -0.25) is 4.79 Å². The van der Waals surface area contributed by atoms with Crippen LogP contribution in [0.1, 0.15) is 26.7 Å². The van der Waals surface area contributed by atoms with E-state index in [0.29, 0.717) is 6.61 Å². The third kappa shape index (κ3) is 13.1. The number of ether oxygens (including phenoxy) is 1. The lowest BCUT2D eigenvalue weighted by atomic mass is 10.4. The van der Waals surface area contributed by atoms with E-state index in [9.17, 15) is 9.00 Å². The molecule has 0 spiro atoms. The minimum atomic E-state index is -1.11. The van der Waals surface area contributed by atoms with Gasteiger partial charge in [-0.2, -0.15) is 0 Å². The van der Waals surface area contributed by atoms with Crippen molar-refractivity contribution in [3.63, 3.8) is 0 Å². The molecule has 0 aliphatic rings. The van der Waals surface area contributed by atoms with E-state index in [0.717, 1.165) is 12.8 Å². The number of carbonyl (C=O) groups excluding carboxylic acids is 1. The smallest absolute Gasteiger partial charge is 0.321 e. The molecular formula is C11H21NO3S. The average molecular weight is 247 g/mol. The first-order valence-corrected chi connectivity index (χ1v) is 6.58. The molecule has 0 bridgehead atoms. The molecule has 16 heavy (non-hydrogen) atoms. The molecule has 4 nitrogen and oxygen atoms in total. The van der Waals surface area contributed by atoms with Gasteiger partial charge in [0.2, 0.25) is 0 Å². The van der Waals surface area contributed by atoms with E-state index < -0.39 is 11.0 Å². The number of hydrogen-bond donors (Lipinski definition) is 0. The Balaban J connectivity index is 0. The largest absolute Gasteiger partial charge is 0.465 e. The molecule has 1 atom stereocenters. The van der Waals surface area contributed by atoms with Crippen LogP contribution in [0.25, 0.3) is 0 Å². The summed E-state index contributed by atoms with van der Waals surface area (Å²) in [7, 11) is 0.516. The summed E-state index contributed by atoms with van der Waals surface area (Å²) in [6, 6.07) is 0. The highest BCUT2D eigenvalue weighted by Gasteiger charge is 2.09. The maximum atomic E-state index is 11.0. The third-order valence-electron chi connectivity index (χ3n) is 1.55. The summed E-state index contributed by atoms with van der Waals surface area (Å²) in [6.07, 6.45) is 8.01. The molecule has 0 aromatic rings. The molecule has 94 valence electrons. The second-order valence-corrected chi connectivity index (χ2v) is 4.54. The number of nitrogens with zero attached hydrogens (tertiary/aromatic N) is 1. The molecule has 0 aliphatic carbocycles. The van der Waals surface area contributed by atoms with E-state index in [4.69, 9.17) is 4.74 Å². The van der Waals surface area contributed by atoms with Crippen molar-refractivity contribution in [2.24, 2.45) is 0 Å². The SMILES string of the molecule is C#CC.CCCCOC(=O)CN(C)S(C)=O. The van der Waals surface area contributed by atoms with Crippen LogP contribution in [0.5, 0.6) is 0 Å². The fourth-order valence-corrected chi connectivity index (χ4v) is 0.936. The second-order valence-electron chi connectivity index (χ2n) is 3.07. The molecule has 0 saturated carbocycles. The zero-order valence-corrected chi connectivity index (χ0v) is 11.3. The first kappa shape index (κ1) is 17.5. The Morgan fingerprint density at radius 3 is 2.44 bits per heavy atom. The lowest BCUT2D eigenvalue weighted by Gasteiger charge is -2.11. The Morgan fingerprint density at radius 1 is 1.56 bits per heavy atom. The van der Waals surface area contributed by atoms with E-state index in [-0.39, 0.29) is 12.5 Å². The number of terminal acetylenes is 1. The van der Waals surface area contributed by atoms with Crippen LogP contribution in [0.2, 0.25) is 0 Å². The van der Waals surface area contributed by atoms with Gasteiger partial charge >= 0.3 is 5.97 Å². The zero-order chi connectivity index (χ0) is 13.0. The maximum absolute atomic E-state index is 11.0. The topological polar surface area (TPSA) is 46.6 Å². The third-order valence-corrected chi connectivity index (χ3v) is 2.56. The number of esters is 1. The standard InChI is InChI=1S/C8H17NO3S.C3H4/c1-4-5-6-12-8(10)7-9(2)13(3)11;1-3-2/h4-7H2,1-3H3;1H,2H3. The highest BCUT2D eigenvalue weighted by molar-refractivity contribution is 7.81. The Morgan fingerprint density at radius 2 is 2.06 bits per heavy atom. The summed E-state index contributed by atoms with van der Waals surface area (Å²) in [4.78, 5) is 11.0. The molecule has 0 radical (unpaired) electrons. The molecule has 0 saturated heterocycles. The molecule has 5 heteroatoms. The van der Waals surface area contributed by atoms with Crippen molar-refractivity contribution in [3.05, 3.63) is 0 Å². The van der Waals surface area contributed by atoms with Gasteiger partial charge in [-0.15, -0.1) is 12.3 Å². The molecule has 0 aromatic heterocycles. The number of hydrogen-bond acceptors (Lipinski definition) is 3. The van der Waals surface area contributed by atoms with Crippen molar-refractivity contribution in [1.29, 1.82) is 0 Å². The first-order valence-electron chi connectivity index (χ1n) is 5.07. The molecule has 0 N–H and O–H groups in total. The molecular weight excluding hydrogens is 226 g/mol. The van der Waals surface area contributed by atoms with Gasteiger partial charge in [-0.1, -0.05) is 13.3 Å².